The molecule has 2 radical (unpaired) electrons. The van der Waals surface area contributed by atoms with Crippen molar-refractivity contribution < 1.29 is 27.4 Å². The van der Waals surface area contributed by atoms with Gasteiger partial charge in [-0.05, 0) is 40.2 Å². The van der Waals surface area contributed by atoms with Crippen LogP contribution >= 0.6 is 16.1 Å². The molecule has 1 unspecified atom stereocenters. The van der Waals surface area contributed by atoms with E-state index in [4.69, 9.17) is 35.9 Å². The third-order valence-electron chi connectivity index (χ3n) is 4.02. The Morgan fingerprint density at radius 3 is 2.43 bits per heavy atom. The summed E-state index contributed by atoms with van der Waals surface area (Å²) in [7, 11) is 3.83. The minimum Gasteiger partial charge on any atom is -0.378 e. The Bertz CT molecular complexity index is 570. The SMILES string of the molecule is [B][C@H]1C[C@H](OP(OCCC#N)N(C(C)C)C(C)C)[C@@H](/C=C/P(=O)(OC)OC)O1. The van der Waals surface area contributed by atoms with E-state index >= 15 is 0 Å². The van der Waals surface area contributed by atoms with E-state index in [2.05, 4.69) is 38.4 Å². The summed E-state index contributed by atoms with van der Waals surface area (Å²) in [5.41, 5.74) is 0. The average molecular weight is 432 g/mol. The molecule has 1 fully saturated rings. The summed E-state index contributed by atoms with van der Waals surface area (Å²) >= 11 is 0. The van der Waals surface area contributed by atoms with E-state index in [0.29, 0.717) is 6.42 Å². The van der Waals surface area contributed by atoms with Crippen LogP contribution in [-0.2, 0) is 27.4 Å². The quantitative estimate of drug-likeness (QED) is 0.260. The lowest BCUT2D eigenvalue weighted by Crippen LogP contribution is -2.35. The van der Waals surface area contributed by atoms with Crippen LogP contribution in [0.15, 0.2) is 11.9 Å². The fourth-order valence-electron chi connectivity index (χ4n) is 2.78. The second-order valence-electron chi connectivity index (χ2n) is 6.81. The molecular weight excluding hydrogens is 401 g/mol. The van der Waals surface area contributed by atoms with E-state index in [-0.39, 0.29) is 31.2 Å². The van der Waals surface area contributed by atoms with Gasteiger partial charge < -0.3 is 22.8 Å². The molecule has 0 aromatic rings. The summed E-state index contributed by atoms with van der Waals surface area (Å²) in [5, 5.41) is 8.82. The zero-order valence-electron chi connectivity index (χ0n) is 17.5. The molecule has 28 heavy (non-hydrogen) atoms. The van der Waals surface area contributed by atoms with Crippen molar-refractivity contribution in [2.24, 2.45) is 0 Å². The summed E-state index contributed by atoms with van der Waals surface area (Å²) < 4.78 is 42.1. The van der Waals surface area contributed by atoms with Gasteiger partial charge in [-0.15, -0.1) is 0 Å². The van der Waals surface area contributed by atoms with E-state index in [1.165, 1.54) is 20.0 Å². The highest BCUT2D eigenvalue weighted by Gasteiger charge is 2.38. The smallest absolute Gasteiger partial charge is 0.353 e. The van der Waals surface area contributed by atoms with Gasteiger partial charge >= 0.3 is 7.60 Å². The Hall–Kier alpha value is -0.285. The molecule has 0 saturated carbocycles. The van der Waals surface area contributed by atoms with Crippen LogP contribution in [0.1, 0.15) is 40.5 Å². The Balaban J connectivity index is 2.98. The molecule has 0 bridgehead atoms. The number of hydrogen-bond acceptors (Lipinski definition) is 8. The van der Waals surface area contributed by atoms with Crippen molar-refractivity contribution in [3.63, 3.8) is 0 Å². The lowest BCUT2D eigenvalue weighted by atomic mass is 9.96. The van der Waals surface area contributed by atoms with Crippen LogP contribution < -0.4 is 0 Å². The second-order valence-corrected chi connectivity index (χ2v) is 10.3. The monoisotopic (exact) mass is 432 g/mol. The van der Waals surface area contributed by atoms with Crippen LogP contribution in [0.25, 0.3) is 0 Å². The van der Waals surface area contributed by atoms with Gasteiger partial charge in [-0.3, -0.25) is 4.57 Å². The largest absolute Gasteiger partial charge is 0.378 e. The number of rotatable bonds is 12. The summed E-state index contributed by atoms with van der Waals surface area (Å²) in [6.45, 7) is 8.53. The van der Waals surface area contributed by atoms with E-state index < -0.39 is 28.2 Å². The van der Waals surface area contributed by atoms with Gasteiger partial charge in [0.2, 0.25) is 0 Å². The van der Waals surface area contributed by atoms with Crippen molar-refractivity contribution in [3.8, 4) is 6.07 Å². The van der Waals surface area contributed by atoms with Crippen molar-refractivity contribution in [1.29, 1.82) is 5.26 Å². The van der Waals surface area contributed by atoms with Crippen LogP contribution in [0.3, 0.4) is 0 Å². The first-order valence-corrected chi connectivity index (χ1v) is 12.0. The molecule has 11 heteroatoms. The molecule has 0 aromatic carbocycles. The summed E-state index contributed by atoms with van der Waals surface area (Å²) in [6.07, 6.45) is 1.44. The fourth-order valence-corrected chi connectivity index (χ4v) is 5.29. The van der Waals surface area contributed by atoms with Crippen molar-refractivity contribution in [3.05, 3.63) is 11.9 Å². The maximum absolute atomic E-state index is 12.3. The molecule has 1 heterocycles. The summed E-state index contributed by atoms with van der Waals surface area (Å²) in [4.78, 5) is 0. The third-order valence-corrected chi connectivity index (χ3v) is 7.73. The highest BCUT2D eigenvalue weighted by atomic mass is 31.2. The summed E-state index contributed by atoms with van der Waals surface area (Å²) in [5.74, 6) is 1.35. The Kier molecular flexibility index (Phi) is 11.4. The first-order valence-electron chi connectivity index (χ1n) is 9.24. The standard InChI is InChI=1S/C17H31BN2O6P2/c1-13(2)20(14(3)4)27(24-10-7-9-19)26-16-12-17(18)25-15(16)8-11-28(21,22-5)23-6/h8,11,13-17H,7,10,12H2,1-6H3/b11-8+/t15-,16+,17-,27?/m1/s1. The zero-order chi connectivity index (χ0) is 21.3. The molecule has 1 aliphatic heterocycles. The van der Waals surface area contributed by atoms with Gasteiger partial charge in [0, 0.05) is 38.1 Å². The lowest BCUT2D eigenvalue weighted by Gasteiger charge is -2.37. The summed E-state index contributed by atoms with van der Waals surface area (Å²) in [6, 6.07) is 1.93. The second kappa shape index (κ2) is 12.4. The van der Waals surface area contributed by atoms with Gasteiger partial charge in [0.05, 0.1) is 25.2 Å². The normalized spacial score (nSPS) is 24.5. The highest BCUT2D eigenvalue weighted by molar-refractivity contribution is 7.57. The first-order chi connectivity index (χ1) is 13.2. The van der Waals surface area contributed by atoms with Crippen LogP contribution in [0.5, 0.6) is 0 Å². The Labute approximate surface area is 171 Å². The zero-order valence-corrected chi connectivity index (χ0v) is 19.3. The van der Waals surface area contributed by atoms with E-state index in [9.17, 15) is 4.57 Å². The first kappa shape index (κ1) is 25.8. The van der Waals surface area contributed by atoms with E-state index in [1.807, 2.05) is 0 Å². The fraction of sp³-hybridized carbons (Fsp3) is 0.824. The minimum atomic E-state index is -3.32. The van der Waals surface area contributed by atoms with E-state index in [0.717, 1.165) is 0 Å². The molecule has 1 rings (SSSR count). The van der Waals surface area contributed by atoms with Crippen LogP contribution in [0.2, 0.25) is 0 Å². The lowest BCUT2D eigenvalue weighted by molar-refractivity contribution is 0.0627. The topological polar surface area (TPSA) is 90.3 Å². The molecule has 8 nitrogen and oxygen atoms in total. The highest BCUT2D eigenvalue weighted by Crippen LogP contribution is 2.51. The van der Waals surface area contributed by atoms with Gasteiger partial charge in [0.25, 0.3) is 8.53 Å². The maximum atomic E-state index is 12.3. The minimum absolute atomic E-state index is 0.181. The predicted octanol–water partition coefficient (Wildman–Crippen LogP) is 3.93. The van der Waals surface area contributed by atoms with Gasteiger partial charge in [-0.25, -0.2) is 4.67 Å². The molecule has 0 spiro atoms. The number of hydrogen-bond donors (Lipinski definition) is 0. The molecule has 0 N–H and O–H groups in total. The van der Waals surface area contributed by atoms with Gasteiger partial charge in [0.1, 0.15) is 14.0 Å². The molecule has 0 aliphatic carbocycles. The molecule has 158 valence electrons. The van der Waals surface area contributed by atoms with Crippen molar-refractivity contribution in [2.45, 2.75) is 70.8 Å². The van der Waals surface area contributed by atoms with Crippen LogP contribution in [0, 0.1) is 11.3 Å². The maximum Gasteiger partial charge on any atom is 0.353 e. The third kappa shape index (κ3) is 7.86. The average Bonchev–Trinajstić information content (AvgIpc) is 2.98. The van der Waals surface area contributed by atoms with Gasteiger partial charge in [0.15, 0.2) is 0 Å². The predicted molar refractivity (Wildman–Crippen MR) is 110 cm³/mol. The molecular formula is C17H31BN2O6P2. The van der Waals surface area contributed by atoms with E-state index in [1.54, 1.807) is 6.08 Å². The molecule has 1 aliphatic rings. The molecule has 1 saturated heterocycles. The van der Waals surface area contributed by atoms with Gasteiger partial charge in [-0.1, -0.05) is 0 Å². The molecule has 4 atom stereocenters. The van der Waals surface area contributed by atoms with Crippen molar-refractivity contribution >= 4 is 24.0 Å². The van der Waals surface area contributed by atoms with Crippen LogP contribution in [0.4, 0.5) is 0 Å². The Morgan fingerprint density at radius 1 is 1.32 bits per heavy atom. The van der Waals surface area contributed by atoms with Crippen molar-refractivity contribution in [2.75, 3.05) is 20.8 Å². The Morgan fingerprint density at radius 2 is 1.93 bits per heavy atom. The molecule has 0 amide bonds. The number of nitrogens with zero attached hydrogens (tertiary/aromatic N) is 2. The van der Waals surface area contributed by atoms with Crippen molar-refractivity contribution in [1.82, 2.24) is 4.67 Å². The number of nitriles is 1. The van der Waals surface area contributed by atoms with Crippen LogP contribution in [-0.4, -0.2) is 63.6 Å². The molecule has 0 aromatic heterocycles. The van der Waals surface area contributed by atoms with Gasteiger partial charge in [-0.2, -0.15) is 5.26 Å². The number of ether oxygens (including phenoxy) is 1.